The minimum absolute atomic E-state index is 0.0781. The van der Waals surface area contributed by atoms with Gasteiger partial charge in [0.15, 0.2) is 0 Å². The molecule has 1 heterocycles. The molecule has 4 nitrogen and oxygen atoms in total. The van der Waals surface area contributed by atoms with Crippen LogP contribution in [0.5, 0.6) is 0 Å². The predicted molar refractivity (Wildman–Crippen MR) is 81.5 cm³/mol. The third kappa shape index (κ3) is 3.70. The van der Waals surface area contributed by atoms with Crippen molar-refractivity contribution in [3.63, 3.8) is 0 Å². The maximum atomic E-state index is 12.0. The van der Waals surface area contributed by atoms with Crippen molar-refractivity contribution < 1.29 is 4.79 Å². The molecule has 4 heteroatoms. The smallest absolute Gasteiger partial charge is 0.317 e. The molecule has 0 radical (unpaired) electrons. The summed E-state index contributed by atoms with van der Waals surface area (Å²) in [6.45, 7) is 6.45. The first-order chi connectivity index (χ1) is 9.35. The standard InChI is InChI=1S/C16H21N3O/c1-16(2,3)18-15(20)19(4)11-12-9-13-7-5-6-8-14(13)17-10-12/h5-10H,11H2,1-4H3,(H,18,20). The molecule has 0 aliphatic rings. The number of carbonyl (C=O) groups excluding carboxylic acids is 1. The predicted octanol–water partition coefficient (Wildman–Crippen LogP) is 3.17. The van der Waals surface area contributed by atoms with Crippen LogP contribution in [0.2, 0.25) is 0 Å². The van der Waals surface area contributed by atoms with E-state index >= 15 is 0 Å². The molecule has 0 spiro atoms. The van der Waals surface area contributed by atoms with E-state index in [0.29, 0.717) is 6.54 Å². The molecule has 20 heavy (non-hydrogen) atoms. The Morgan fingerprint density at radius 2 is 2.00 bits per heavy atom. The molecule has 2 aromatic rings. The largest absolute Gasteiger partial charge is 0.333 e. The van der Waals surface area contributed by atoms with Crippen molar-refractivity contribution in [1.29, 1.82) is 0 Å². The van der Waals surface area contributed by atoms with Crippen molar-refractivity contribution in [3.05, 3.63) is 42.1 Å². The molecule has 0 atom stereocenters. The van der Waals surface area contributed by atoms with Gasteiger partial charge in [-0.25, -0.2) is 4.79 Å². The van der Waals surface area contributed by atoms with Crippen LogP contribution in [0, 0.1) is 0 Å². The number of nitrogens with zero attached hydrogens (tertiary/aromatic N) is 2. The summed E-state index contributed by atoms with van der Waals surface area (Å²) in [5.41, 5.74) is 1.76. The zero-order valence-electron chi connectivity index (χ0n) is 12.5. The summed E-state index contributed by atoms with van der Waals surface area (Å²) in [5, 5.41) is 4.04. The normalized spacial score (nSPS) is 11.4. The number of para-hydroxylation sites is 1. The first-order valence-corrected chi connectivity index (χ1v) is 6.72. The van der Waals surface area contributed by atoms with Gasteiger partial charge in [-0.2, -0.15) is 0 Å². The maximum absolute atomic E-state index is 12.0. The Labute approximate surface area is 119 Å². The molecule has 106 valence electrons. The van der Waals surface area contributed by atoms with Crippen LogP contribution in [-0.4, -0.2) is 28.5 Å². The highest BCUT2D eigenvalue weighted by molar-refractivity contribution is 5.79. The fourth-order valence-corrected chi connectivity index (χ4v) is 1.96. The van der Waals surface area contributed by atoms with Crippen molar-refractivity contribution in [2.24, 2.45) is 0 Å². The molecule has 0 fully saturated rings. The molecule has 1 N–H and O–H groups in total. The number of benzene rings is 1. The van der Waals surface area contributed by atoms with Crippen molar-refractivity contribution in [1.82, 2.24) is 15.2 Å². The molecular weight excluding hydrogens is 250 g/mol. The summed E-state index contributed by atoms with van der Waals surface area (Å²) in [5.74, 6) is 0. The third-order valence-corrected chi connectivity index (χ3v) is 2.90. The Bertz CT molecular complexity index is 616. The quantitative estimate of drug-likeness (QED) is 0.911. The van der Waals surface area contributed by atoms with E-state index in [1.807, 2.05) is 51.2 Å². The van der Waals surface area contributed by atoms with Gasteiger partial charge in [0, 0.05) is 30.7 Å². The number of rotatable bonds is 2. The van der Waals surface area contributed by atoms with Crippen molar-refractivity contribution in [2.75, 3.05) is 7.05 Å². The first-order valence-electron chi connectivity index (χ1n) is 6.72. The molecule has 0 saturated carbocycles. The Morgan fingerprint density at radius 3 is 2.70 bits per heavy atom. The molecular formula is C16H21N3O. The minimum Gasteiger partial charge on any atom is -0.333 e. The summed E-state index contributed by atoms with van der Waals surface area (Å²) in [7, 11) is 1.79. The Hall–Kier alpha value is -2.10. The van der Waals surface area contributed by atoms with E-state index < -0.39 is 0 Å². The summed E-state index contributed by atoms with van der Waals surface area (Å²) in [6, 6.07) is 9.96. The average molecular weight is 271 g/mol. The van der Waals surface area contributed by atoms with E-state index in [1.54, 1.807) is 11.9 Å². The molecule has 0 aliphatic heterocycles. The van der Waals surface area contributed by atoms with Gasteiger partial charge in [0.05, 0.1) is 5.52 Å². The molecule has 2 rings (SSSR count). The number of nitrogens with one attached hydrogen (secondary N) is 1. The van der Waals surface area contributed by atoms with Gasteiger partial charge in [0.25, 0.3) is 0 Å². The highest BCUT2D eigenvalue weighted by atomic mass is 16.2. The van der Waals surface area contributed by atoms with Crippen LogP contribution in [0.4, 0.5) is 4.79 Å². The highest BCUT2D eigenvalue weighted by Gasteiger charge is 2.17. The van der Waals surface area contributed by atoms with Crippen LogP contribution in [0.15, 0.2) is 36.5 Å². The number of fused-ring (bicyclic) bond motifs is 1. The SMILES string of the molecule is CN(Cc1cnc2ccccc2c1)C(=O)NC(C)(C)C. The lowest BCUT2D eigenvalue weighted by Crippen LogP contribution is -2.46. The van der Waals surface area contributed by atoms with Crippen molar-refractivity contribution >= 4 is 16.9 Å². The summed E-state index contributed by atoms with van der Waals surface area (Å²) >= 11 is 0. The van der Waals surface area contributed by atoms with Gasteiger partial charge in [-0.1, -0.05) is 18.2 Å². The van der Waals surface area contributed by atoms with E-state index in [4.69, 9.17) is 0 Å². The summed E-state index contributed by atoms with van der Waals surface area (Å²) < 4.78 is 0. The summed E-state index contributed by atoms with van der Waals surface area (Å²) in [6.07, 6.45) is 1.82. The van der Waals surface area contributed by atoms with Crippen LogP contribution >= 0.6 is 0 Å². The number of aromatic nitrogens is 1. The lowest BCUT2D eigenvalue weighted by molar-refractivity contribution is 0.197. The summed E-state index contributed by atoms with van der Waals surface area (Å²) in [4.78, 5) is 18.1. The van der Waals surface area contributed by atoms with Crippen LogP contribution in [0.25, 0.3) is 10.9 Å². The first kappa shape index (κ1) is 14.3. The fourth-order valence-electron chi connectivity index (χ4n) is 1.96. The lowest BCUT2D eigenvalue weighted by atomic mass is 10.1. The highest BCUT2D eigenvalue weighted by Crippen LogP contribution is 2.14. The van der Waals surface area contributed by atoms with Gasteiger partial charge in [0.1, 0.15) is 0 Å². The van der Waals surface area contributed by atoms with Gasteiger partial charge in [-0.3, -0.25) is 4.98 Å². The van der Waals surface area contributed by atoms with Gasteiger partial charge >= 0.3 is 6.03 Å². The van der Waals surface area contributed by atoms with E-state index in [0.717, 1.165) is 16.5 Å². The van der Waals surface area contributed by atoms with E-state index in [9.17, 15) is 4.79 Å². The Morgan fingerprint density at radius 1 is 1.30 bits per heavy atom. The fraction of sp³-hybridized carbons (Fsp3) is 0.375. The minimum atomic E-state index is -0.229. The van der Waals surface area contributed by atoms with Gasteiger partial charge in [0.2, 0.25) is 0 Å². The molecule has 2 amide bonds. The monoisotopic (exact) mass is 271 g/mol. The van der Waals surface area contributed by atoms with Crippen LogP contribution in [0.3, 0.4) is 0 Å². The number of carbonyl (C=O) groups is 1. The van der Waals surface area contributed by atoms with Gasteiger partial charge in [-0.15, -0.1) is 0 Å². The molecule has 0 unspecified atom stereocenters. The molecule has 1 aromatic heterocycles. The third-order valence-electron chi connectivity index (χ3n) is 2.90. The zero-order valence-corrected chi connectivity index (χ0v) is 12.5. The second kappa shape index (κ2) is 5.49. The number of amides is 2. The number of urea groups is 1. The van der Waals surface area contributed by atoms with Crippen LogP contribution in [-0.2, 0) is 6.54 Å². The van der Waals surface area contributed by atoms with E-state index in [-0.39, 0.29) is 11.6 Å². The van der Waals surface area contributed by atoms with Crippen molar-refractivity contribution in [2.45, 2.75) is 32.9 Å². The lowest BCUT2D eigenvalue weighted by Gasteiger charge is -2.25. The Kier molecular flexibility index (Phi) is 3.93. The molecule has 0 bridgehead atoms. The number of pyridine rings is 1. The van der Waals surface area contributed by atoms with Gasteiger partial charge < -0.3 is 10.2 Å². The van der Waals surface area contributed by atoms with Crippen molar-refractivity contribution in [3.8, 4) is 0 Å². The second-order valence-corrected chi connectivity index (χ2v) is 6.07. The zero-order chi connectivity index (χ0) is 14.8. The molecule has 1 aromatic carbocycles. The second-order valence-electron chi connectivity index (χ2n) is 6.07. The van der Waals surface area contributed by atoms with Gasteiger partial charge in [-0.05, 0) is 38.5 Å². The topological polar surface area (TPSA) is 45.2 Å². The molecule has 0 aliphatic carbocycles. The Balaban J connectivity index is 2.09. The number of hydrogen-bond donors (Lipinski definition) is 1. The van der Waals surface area contributed by atoms with Crippen LogP contribution in [0.1, 0.15) is 26.3 Å². The molecule has 0 saturated heterocycles. The number of hydrogen-bond acceptors (Lipinski definition) is 2. The van der Waals surface area contributed by atoms with E-state index in [1.165, 1.54) is 0 Å². The van der Waals surface area contributed by atoms with E-state index in [2.05, 4.69) is 16.4 Å². The average Bonchev–Trinajstić information content (AvgIpc) is 2.36. The maximum Gasteiger partial charge on any atom is 0.317 e. The van der Waals surface area contributed by atoms with Crippen LogP contribution < -0.4 is 5.32 Å².